The smallest absolute Gasteiger partial charge is 0.416 e. The minimum Gasteiger partial charge on any atom is -0.461 e. The second-order valence-electron chi connectivity index (χ2n) is 7.80. The number of rotatable bonds is 5. The van der Waals surface area contributed by atoms with Gasteiger partial charge < -0.3 is 4.74 Å². The van der Waals surface area contributed by atoms with E-state index >= 15 is 0 Å². The Labute approximate surface area is 189 Å². The Kier molecular flexibility index (Phi) is 6.40. The van der Waals surface area contributed by atoms with Crippen molar-refractivity contribution in [1.82, 2.24) is 9.29 Å². The SMILES string of the molecule is O=C(OCc1cccc2cccnc12)C1CCN(S(=O)(=O)c2cccc(C(F)(F)F)c2)CC1. The molecule has 0 N–H and O–H groups in total. The molecular formula is C23H21F3N2O4S. The molecule has 6 nitrogen and oxygen atoms in total. The van der Waals surface area contributed by atoms with Crippen LogP contribution in [-0.4, -0.2) is 36.8 Å². The number of piperidine rings is 1. The first kappa shape index (κ1) is 23.2. The van der Waals surface area contributed by atoms with E-state index in [1.807, 2.05) is 30.3 Å². The first-order valence-corrected chi connectivity index (χ1v) is 11.8. The van der Waals surface area contributed by atoms with Gasteiger partial charge in [-0.25, -0.2) is 8.42 Å². The van der Waals surface area contributed by atoms with E-state index in [0.717, 1.165) is 39.0 Å². The average Bonchev–Trinajstić information content (AvgIpc) is 2.82. The fourth-order valence-electron chi connectivity index (χ4n) is 3.86. The van der Waals surface area contributed by atoms with Crippen LogP contribution in [0.15, 0.2) is 65.7 Å². The molecule has 0 radical (unpaired) electrons. The van der Waals surface area contributed by atoms with Crippen molar-refractivity contribution < 1.29 is 31.1 Å². The number of para-hydroxylation sites is 1. The molecule has 0 bridgehead atoms. The number of fused-ring (bicyclic) bond motifs is 1. The van der Waals surface area contributed by atoms with Gasteiger partial charge in [0, 0.05) is 30.2 Å². The van der Waals surface area contributed by atoms with Gasteiger partial charge >= 0.3 is 12.1 Å². The third-order valence-corrected chi connectivity index (χ3v) is 7.57. The monoisotopic (exact) mass is 478 g/mol. The molecule has 1 fully saturated rings. The van der Waals surface area contributed by atoms with E-state index in [4.69, 9.17) is 4.74 Å². The fourth-order valence-corrected chi connectivity index (χ4v) is 5.38. The zero-order valence-corrected chi connectivity index (χ0v) is 18.3. The van der Waals surface area contributed by atoms with Crippen molar-refractivity contribution in [2.75, 3.05) is 13.1 Å². The molecule has 3 aromatic rings. The number of alkyl halides is 3. The topological polar surface area (TPSA) is 76.6 Å². The maximum atomic E-state index is 13.0. The van der Waals surface area contributed by atoms with E-state index in [1.54, 1.807) is 6.20 Å². The predicted octanol–water partition coefficient (Wildman–Crippen LogP) is 4.40. The van der Waals surface area contributed by atoms with Crippen molar-refractivity contribution in [1.29, 1.82) is 0 Å². The number of carbonyl (C=O) groups excluding carboxylic acids is 1. The number of pyridine rings is 1. The Hall–Kier alpha value is -2.98. The van der Waals surface area contributed by atoms with Gasteiger partial charge in [-0.3, -0.25) is 9.78 Å². The second-order valence-corrected chi connectivity index (χ2v) is 9.74. The number of hydrogen-bond donors (Lipinski definition) is 0. The molecular weight excluding hydrogens is 457 g/mol. The molecule has 1 aromatic heterocycles. The zero-order valence-electron chi connectivity index (χ0n) is 17.5. The van der Waals surface area contributed by atoms with E-state index in [-0.39, 0.29) is 32.5 Å². The third kappa shape index (κ3) is 5.01. The Morgan fingerprint density at radius 1 is 1.06 bits per heavy atom. The lowest BCUT2D eigenvalue weighted by atomic mass is 9.98. The van der Waals surface area contributed by atoms with Gasteiger partial charge in [-0.15, -0.1) is 0 Å². The summed E-state index contributed by atoms with van der Waals surface area (Å²) in [7, 11) is -4.10. The van der Waals surface area contributed by atoms with Gasteiger partial charge in [0.05, 0.1) is 21.9 Å². The van der Waals surface area contributed by atoms with Crippen LogP contribution in [0.3, 0.4) is 0 Å². The summed E-state index contributed by atoms with van der Waals surface area (Å²) in [6.07, 6.45) is -2.52. The molecule has 2 aromatic carbocycles. The van der Waals surface area contributed by atoms with Gasteiger partial charge in [-0.1, -0.05) is 30.3 Å². The van der Waals surface area contributed by atoms with E-state index < -0.39 is 38.5 Å². The number of esters is 1. The Morgan fingerprint density at radius 2 is 1.76 bits per heavy atom. The molecule has 174 valence electrons. The first-order valence-electron chi connectivity index (χ1n) is 10.3. The Bertz CT molecular complexity index is 1260. The largest absolute Gasteiger partial charge is 0.461 e. The highest BCUT2D eigenvalue weighted by molar-refractivity contribution is 7.89. The number of carbonyl (C=O) groups is 1. The molecule has 1 aliphatic rings. The molecule has 0 amide bonds. The molecule has 0 saturated carbocycles. The second kappa shape index (κ2) is 9.11. The molecule has 33 heavy (non-hydrogen) atoms. The molecule has 0 aliphatic carbocycles. The van der Waals surface area contributed by atoms with Crippen LogP contribution >= 0.6 is 0 Å². The van der Waals surface area contributed by atoms with Gasteiger partial charge in [0.25, 0.3) is 0 Å². The van der Waals surface area contributed by atoms with Crippen LogP contribution in [0.1, 0.15) is 24.0 Å². The lowest BCUT2D eigenvalue weighted by molar-refractivity contribution is -0.151. The Balaban J connectivity index is 1.38. The van der Waals surface area contributed by atoms with E-state index in [9.17, 15) is 26.4 Å². The Morgan fingerprint density at radius 3 is 2.48 bits per heavy atom. The summed E-state index contributed by atoms with van der Waals surface area (Å²) in [6.45, 7) is 0.0955. The molecule has 0 atom stereocenters. The van der Waals surface area contributed by atoms with Crippen molar-refractivity contribution in [3.8, 4) is 0 Å². The quantitative estimate of drug-likeness (QED) is 0.508. The summed E-state index contributed by atoms with van der Waals surface area (Å²) in [5.74, 6) is -0.917. The van der Waals surface area contributed by atoms with Crippen LogP contribution in [-0.2, 0) is 32.3 Å². The van der Waals surface area contributed by atoms with E-state index in [2.05, 4.69) is 4.98 Å². The van der Waals surface area contributed by atoms with Crippen molar-refractivity contribution >= 4 is 26.9 Å². The number of hydrogen-bond acceptors (Lipinski definition) is 5. The molecule has 0 unspecified atom stereocenters. The first-order chi connectivity index (χ1) is 15.7. The third-order valence-electron chi connectivity index (χ3n) is 5.67. The summed E-state index contributed by atoms with van der Waals surface area (Å²) < 4.78 is 71.1. The van der Waals surface area contributed by atoms with Crippen molar-refractivity contribution in [2.24, 2.45) is 5.92 Å². The number of halogens is 3. The normalized spacial score (nSPS) is 16.1. The highest BCUT2D eigenvalue weighted by Crippen LogP contribution is 2.32. The number of nitrogens with zero attached hydrogens (tertiary/aromatic N) is 2. The van der Waals surface area contributed by atoms with Crippen molar-refractivity contribution in [2.45, 2.75) is 30.5 Å². The van der Waals surface area contributed by atoms with Gasteiger partial charge in [-0.2, -0.15) is 17.5 Å². The summed E-state index contributed by atoms with van der Waals surface area (Å²) in [5.41, 5.74) is 0.491. The highest BCUT2D eigenvalue weighted by atomic mass is 32.2. The minimum atomic E-state index is -4.64. The summed E-state index contributed by atoms with van der Waals surface area (Å²) in [4.78, 5) is 16.5. The fraction of sp³-hybridized carbons (Fsp3) is 0.304. The average molecular weight is 478 g/mol. The van der Waals surface area contributed by atoms with E-state index in [1.165, 1.54) is 0 Å². The predicted molar refractivity (Wildman–Crippen MR) is 114 cm³/mol. The molecule has 1 saturated heterocycles. The lowest BCUT2D eigenvalue weighted by Crippen LogP contribution is -2.40. The molecule has 10 heteroatoms. The van der Waals surface area contributed by atoms with Crippen LogP contribution < -0.4 is 0 Å². The number of sulfonamides is 1. The molecule has 1 aliphatic heterocycles. The van der Waals surface area contributed by atoms with Crippen LogP contribution in [0.25, 0.3) is 10.9 Å². The maximum Gasteiger partial charge on any atom is 0.416 e. The molecule has 2 heterocycles. The number of ether oxygens (including phenoxy) is 1. The van der Waals surface area contributed by atoms with Gasteiger partial charge in [0.1, 0.15) is 6.61 Å². The van der Waals surface area contributed by atoms with Crippen molar-refractivity contribution in [3.63, 3.8) is 0 Å². The maximum absolute atomic E-state index is 13.0. The molecule has 0 spiro atoms. The van der Waals surface area contributed by atoms with Crippen LogP contribution in [0, 0.1) is 5.92 Å². The van der Waals surface area contributed by atoms with Gasteiger partial charge in [-0.05, 0) is 37.1 Å². The van der Waals surface area contributed by atoms with Crippen molar-refractivity contribution in [3.05, 3.63) is 71.9 Å². The van der Waals surface area contributed by atoms with Crippen LogP contribution in [0.5, 0.6) is 0 Å². The van der Waals surface area contributed by atoms with Gasteiger partial charge in [0.15, 0.2) is 0 Å². The van der Waals surface area contributed by atoms with Crippen LogP contribution in [0.2, 0.25) is 0 Å². The highest BCUT2D eigenvalue weighted by Gasteiger charge is 2.35. The van der Waals surface area contributed by atoms with Gasteiger partial charge in [0.2, 0.25) is 10.0 Å². The zero-order chi connectivity index (χ0) is 23.6. The minimum absolute atomic E-state index is 0.0220. The summed E-state index contributed by atoms with van der Waals surface area (Å²) in [5, 5.41) is 0.930. The number of benzene rings is 2. The lowest BCUT2D eigenvalue weighted by Gasteiger charge is -2.30. The summed E-state index contributed by atoms with van der Waals surface area (Å²) in [6, 6.07) is 13.0. The molecule has 4 rings (SSSR count). The summed E-state index contributed by atoms with van der Waals surface area (Å²) >= 11 is 0. The standard InChI is InChI=1S/C23H21F3N2O4S/c24-23(25,26)19-7-2-8-20(14-19)33(30,31)28-12-9-17(10-13-28)22(29)32-15-18-5-1-4-16-6-3-11-27-21(16)18/h1-8,11,14,17H,9-10,12-13,15H2. The number of aromatic nitrogens is 1. The van der Waals surface area contributed by atoms with E-state index in [0.29, 0.717) is 6.07 Å². The van der Waals surface area contributed by atoms with Crippen LogP contribution in [0.4, 0.5) is 13.2 Å².